The number of carbonyl (C=O) groups is 1. The molecule has 0 saturated heterocycles. The van der Waals surface area contributed by atoms with Gasteiger partial charge in [0.05, 0.1) is 23.3 Å². The molecule has 30 heavy (non-hydrogen) atoms. The van der Waals surface area contributed by atoms with Crippen LogP contribution in [0.3, 0.4) is 0 Å². The zero-order valence-corrected chi connectivity index (χ0v) is 17.5. The summed E-state index contributed by atoms with van der Waals surface area (Å²) in [6, 6.07) is 4.27. The SMILES string of the molecule is COc1ccc(Cl)c(F)c1-c1cnccc1C(=O)Nc1nn(CCCCO)c(=O)s1. The Kier molecular flexibility index (Phi) is 7.14. The van der Waals surface area contributed by atoms with Crippen molar-refractivity contribution >= 4 is 34.0 Å². The molecule has 2 aromatic heterocycles. The summed E-state index contributed by atoms with van der Waals surface area (Å²) >= 11 is 6.69. The predicted octanol–water partition coefficient (Wildman–Crippen LogP) is 3.19. The zero-order chi connectivity index (χ0) is 21.7. The molecule has 1 amide bonds. The van der Waals surface area contributed by atoms with Crippen LogP contribution in [0.1, 0.15) is 23.2 Å². The summed E-state index contributed by atoms with van der Waals surface area (Å²) in [5.41, 5.74) is 0.298. The maximum absolute atomic E-state index is 14.8. The van der Waals surface area contributed by atoms with Crippen LogP contribution in [0.2, 0.25) is 5.02 Å². The molecule has 3 rings (SSSR count). The van der Waals surface area contributed by atoms with Crippen molar-refractivity contribution < 1.29 is 19.0 Å². The Morgan fingerprint density at radius 2 is 2.17 bits per heavy atom. The number of rotatable bonds is 8. The third-order valence-corrected chi connectivity index (χ3v) is 5.27. The van der Waals surface area contributed by atoms with Gasteiger partial charge < -0.3 is 9.84 Å². The second-order valence-corrected chi connectivity index (χ2v) is 7.49. The van der Waals surface area contributed by atoms with Crippen molar-refractivity contribution in [2.75, 3.05) is 19.0 Å². The maximum atomic E-state index is 14.8. The van der Waals surface area contributed by atoms with Crippen molar-refractivity contribution in [3.63, 3.8) is 0 Å². The Hall–Kier alpha value is -2.82. The van der Waals surface area contributed by atoms with Gasteiger partial charge in [-0.3, -0.25) is 19.9 Å². The molecular weight excluding hydrogens is 435 g/mol. The van der Waals surface area contributed by atoms with Crippen molar-refractivity contribution in [3.8, 4) is 16.9 Å². The van der Waals surface area contributed by atoms with Gasteiger partial charge in [0, 0.05) is 31.1 Å². The molecule has 0 radical (unpaired) electrons. The number of aryl methyl sites for hydroxylation is 1. The number of nitrogens with zero attached hydrogens (tertiary/aromatic N) is 3. The number of nitrogens with one attached hydrogen (secondary N) is 1. The Bertz CT molecular complexity index is 1120. The van der Waals surface area contributed by atoms with E-state index in [0.29, 0.717) is 19.4 Å². The number of carbonyl (C=O) groups excluding carboxylic acids is 1. The minimum Gasteiger partial charge on any atom is -0.496 e. The van der Waals surface area contributed by atoms with E-state index in [9.17, 15) is 14.0 Å². The number of amides is 1. The molecular formula is C19H18ClFN4O4S. The van der Waals surface area contributed by atoms with Crippen LogP contribution in [0, 0.1) is 5.82 Å². The monoisotopic (exact) mass is 452 g/mol. The van der Waals surface area contributed by atoms with Crippen LogP contribution in [0.25, 0.3) is 11.1 Å². The van der Waals surface area contributed by atoms with Crippen molar-refractivity contribution in [1.82, 2.24) is 14.8 Å². The average Bonchev–Trinajstić information content (AvgIpc) is 3.09. The number of aliphatic hydroxyl groups is 1. The second kappa shape index (κ2) is 9.79. The fraction of sp³-hybridized carbons (Fsp3) is 0.263. The summed E-state index contributed by atoms with van der Waals surface area (Å²) in [4.78, 5) is 28.5. The summed E-state index contributed by atoms with van der Waals surface area (Å²) in [5.74, 6) is -1.14. The molecule has 0 aliphatic carbocycles. The second-order valence-electron chi connectivity index (χ2n) is 6.14. The summed E-state index contributed by atoms with van der Waals surface area (Å²) in [6.07, 6.45) is 3.85. The van der Waals surface area contributed by atoms with Gasteiger partial charge in [0.25, 0.3) is 5.91 Å². The minimum atomic E-state index is -0.740. The molecule has 158 valence electrons. The molecule has 2 heterocycles. The van der Waals surface area contributed by atoms with E-state index >= 15 is 0 Å². The molecule has 0 spiro atoms. The number of aromatic nitrogens is 3. The largest absolute Gasteiger partial charge is 0.496 e. The smallest absolute Gasteiger partial charge is 0.326 e. The Morgan fingerprint density at radius 1 is 1.37 bits per heavy atom. The lowest BCUT2D eigenvalue weighted by Gasteiger charge is -2.13. The van der Waals surface area contributed by atoms with E-state index in [2.05, 4.69) is 15.4 Å². The number of methoxy groups -OCH3 is 1. The Labute approximate surface area is 179 Å². The molecule has 2 N–H and O–H groups in total. The molecule has 3 aromatic rings. The fourth-order valence-electron chi connectivity index (χ4n) is 2.78. The first kappa shape index (κ1) is 21.9. The highest BCUT2D eigenvalue weighted by atomic mass is 35.5. The lowest BCUT2D eigenvalue weighted by atomic mass is 10.00. The molecule has 0 fully saturated rings. The Morgan fingerprint density at radius 3 is 2.90 bits per heavy atom. The highest BCUT2D eigenvalue weighted by Crippen LogP contribution is 2.37. The number of ether oxygens (including phenoxy) is 1. The first-order chi connectivity index (χ1) is 14.5. The number of unbranched alkanes of at least 4 members (excludes halogenated alkanes) is 1. The van der Waals surface area contributed by atoms with Gasteiger partial charge in [-0.05, 0) is 42.4 Å². The van der Waals surface area contributed by atoms with Crippen LogP contribution in [0.4, 0.5) is 9.52 Å². The minimum absolute atomic E-state index is 0.00553. The molecule has 0 atom stereocenters. The molecule has 11 heteroatoms. The first-order valence-electron chi connectivity index (χ1n) is 8.92. The zero-order valence-electron chi connectivity index (χ0n) is 15.9. The number of hydrogen-bond donors (Lipinski definition) is 2. The van der Waals surface area contributed by atoms with Crippen molar-refractivity contribution in [1.29, 1.82) is 0 Å². The van der Waals surface area contributed by atoms with E-state index in [1.54, 1.807) is 0 Å². The topological polar surface area (TPSA) is 106 Å². The van der Waals surface area contributed by atoms with Crippen molar-refractivity contribution in [2.45, 2.75) is 19.4 Å². The highest BCUT2D eigenvalue weighted by molar-refractivity contribution is 7.13. The molecule has 0 saturated carbocycles. The molecule has 0 aliphatic heterocycles. The fourth-order valence-corrected chi connectivity index (χ4v) is 3.63. The number of aliphatic hydroxyl groups excluding tert-OH is 1. The van der Waals surface area contributed by atoms with Gasteiger partial charge in [0.15, 0.2) is 5.82 Å². The van der Waals surface area contributed by atoms with Gasteiger partial charge in [-0.2, -0.15) is 0 Å². The molecule has 1 aromatic carbocycles. The van der Waals surface area contributed by atoms with E-state index in [1.807, 2.05) is 0 Å². The summed E-state index contributed by atoms with van der Waals surface area (Å²) in [5, 5.41) is 15.5. The van der Waals surface area contributed by atoms with Crippen LogP contribution in [-0.2, 0) is 6.54 Å². The maximum Gasteiger partial charge on any atom is 0.326 e. The van der Waals surface area contributed by atoms with E-state index in [-0.39, 0.29) is 44.1 Å². The highest BCUT2D eigenvalue weighted by Gasteiger charge is 2.22. The predicted molar refractivity (Wildman–Crippen MR) is 112 cm³/mol. The number of anilines is 1. The third kappa shape index (κ3) is 4.66. The van der Waals surface area contributed by atoms with Crippen LogP contribution >= 0.6 is 22.9 Å². The van der Waals surface area contributed by atoms with Gasteiger partial charge >= 0.3 is 4.87 Å². The molecule has 0 aliphatic rings. The van der Waals surface area contributed by atoms with Gasteiger partial charge in [0.1, 0.15) is 5.75 Å². The lowest BCUT2D eigenvalue weighted by Crippen LogP contribution is -2.16. The van der Waals surface area contributed by atoms with Crippen molar-refractivity contribution in [2.24, 2.45) is 0 Å². The standard InChI is InChI=1S/C19H18ClFN4O4S/c1-29-14-5-4-13(20)16(21)15(14)12-10-22-7-6-11(12)17(27)23-18-24-25(19(28)30-18)8-2-3-9-26/h4-7,10,26H,2-3,8-9H2,1H3,(H,23,24,27). The first-order valence-corrected chi connectivity index (χ1v) is 10.1. The van der Waals surface area contributed by atoms with Crippen molar-refractivity contribution in [3.05, 3.63) is 56.7 Å². The quantitative estimate of drug-likeness (QED) is 0.508. The van der Waals surface area contributed by atoms with Gasteiger partial charge in [-0.15, -0.1) is 5.10 Å². The molecule has 8 nitrogen and oxygen atoms in total. The van der Waals surface area contributed by atoms with E-state index in [0.717, 1.165) is 11.3 Å². The van der Waals surface area contributed by atoms with Gasteiger partial charge in [-0.1, -0.05) is 11.6 Å². The van der Waals surface area contributed by atoms with Crippen LogP contribution in [0.5, 0.6) is 5.75 Å². The van der Waals surface area contributed by atoms with Crippen LogP contribution in [-0.4, -0.2) is 39.5 Å². The molecule has 0 bridgehead atoms. The molecule has 0 unspecified atom stereocenters. The average molecular weight is 453 g/mol. The number of benzene rings is 1. The third-order valence-electron chi connectivity index (χ3n) is 4.22. The summed E-state index contributed by atoms with van der Waals surface area (Å²) in [7, 11) is 1.38. The summed E-state index contributed by atoms with van der Waals surface area (Å²) < 4.78 is 21.2. The normalized spacial score (nSPS) is 10.8. The van der Waals surface area contributed by atoms with E-state index in [4.69, 9.17) is 21.4 Å². The van der Waals surface area contributed by atoms with Crippen LogP contribution < -0.4 is 14.9 Å². The summed E-state index contributed by atoms with van der Waals surface area (Å²) in [6.45, 7) is 0.355. The van der Waals surface area contributed by atoms with E-state index in [1.165, 1.54) is 42.4 Å². The van der Waals surface area contributed by atoms with Gasteiger partial charge in [-0.25, -0.2) is 9.07 Å². The van der Waals surface area contributed by atoms with E-state index < -0.39 is 11.7 Å². The van der Waals surface area contributed by atoms with Crippen LogP contribution in [0.15, 0.2) is 35.4 Å². The lowest BCUT2D eigenvalue weighted by molar-refractivity contribution is 0.102. The number of pyridine rings is 1. The number of hydrogen-bond acceptors (Lipinski definition) is 7. The Balaban J connectivity index is 1.92. The van der Waals surface area contributed by atoms with Gasteiger partial charge in [0.2, 0.25) is 5.13 Å². The number of halogens is 2.